The number of ether oxygens (including phenoxy) is 2. The zero-order chi connectivity index (χ0) is 21.0. The fourth-order valence-electron chi connectivity index (χ4n) is 5.29. The Bertz CT molecular complexity index is 991. The van der Waals surface area contributed by atoms with Gasteiger partial charge >= 0.3 is 0 Å². The van der Waals surface area contributed by atoms with Crippen LogP contribution in [0, 0.1) is 5.92 Å². The minimum atomic E-state index is -0.891. The Labute approximate surface area is 175 Å². The molecule has 7 heteroatoms. The Morgan fingerprint density at radius 3 is 2.10 bits per heavy atom. The van der Waals surface area contributed by atoms with Crippen molar-refractivity contribution in [3.63, 3.8) is 0 Å². The fraction of sp³-hybridized carbons (Fsp3) is 0.391. The third kappa shape index (κ3) is 2.45. The van der Waals surface area contributed by atoms with E-state index in [4.69, 9.17) is 9.47 Å². The Morgan fingerprint density at radius 1 is 0.900 bits per heavy atom. The molecule has 3 saturated heterocycles. The van der Waals surface area contributed by atoms with Crippen molar-refractivity contribution in [2.75, 3.05) is 32.2 Å². The molecular weight excluding hydrogens is 382 g/mol. The first-order valence-corrected chi connectivity index (χ1v) is 10.2. The lowest BCUT2D eigenvalue weighted by molar-refractivity contribution is -0.131. The topological polar surface area (TPSA) is 62.3 Å². The fourth-order valence-corrected chi connectivity index (χ4v) is 5.29. The lowest BCUT2D eigenvalue weighted by Gasteiger charge is -2.33. The van der Waals surface area contributed by atoms with E-state index in [2.05, 4.69) is 10.0 Å². The van der Waals surface area contributed by atoms with E-state index < -0.39 is 11.5 Å². The molecule has 3 atom stereocenters. The van der Waals surface area contributed by atoms with E-state index in [1.807, 2.05) is 31.2 Å². The molecule has 3 heterocycles. The van der Waals surface area contributed by atoms with Crippen LogP contribution in [0.3, 0.4) is 0 Å². The SMILES string of the molecule is COc1ccc([C@@H]2[C@H]3C(=O)N(c4ccc(OC)cc4)C(=O)[C@@]3(C)N3CCCN23)cc1. The second kappa shape index (κ2) is 6.82. The van der Waals surface area contributed by atoms with Crippen molar-refractivity contribution < 1.29 is 19.1 Å². The van der Waals surface area contributed by atoms with Crippen LogP contribution < -0.4 is 14.4 Å². The monoisotopic (exact) mass is 407 g/mol. The number of anilines is 1. The molecule has 0 saturated carbocycles. The third-order valence-electron chi connectivity index (χ3n) is 6.76. The molecule has 0 spiro atoms. The number of benzene rings is 2. The molecule has 0 aliphatic carbocycles. The summed E-state index contributed by atoms with van der Waals surface area (Å²) in [4.78, 5) is 28.7. The van der Waals surface area contributed by atoms with Crippen LogP contribution in [0.1, 0.15) is 24.9 Å². The molecular formula is C23H25N3O4. The van der Waals surface area contributed by atoms with Crippen molar-refractivity contribution in [1.82, 2.24) is 10.0 Å². The molecule has 2 aromatic carbocycles. The molecule has 0 aromatic heterocycles. The average Bonchev–Trinajstić information content (AvgIpc) is 3.40. The molecule has 0 bridgehead atoms. The van der Waals surface area contributed by atoms with Crippen LogP contribution in [0.5, 0.6) is 11.5 Å². The molecule has 0 radical (unpaired) electrons. The maximum atomic E-state index is 13.7. The Balaban J connectivity index is 1.58. The second-order valence-electron chi connectivity index (χ2n) is 8.16. The van der Waals surface area contributed by atoms with Gasteiger partial charge < -0.3 is 9.47 Å². The summed E-state index contributed by atoms with van der Waals surface area (Å²) in [6, 6.07) is 14.7. The standard InChI is InChI=1S/C23H25N3O4/c1-23-19(21(27)26(22(23)28)16-7-11-18(30-3)12-8-16)20(24-13-4-14-25(23)24)15-5-9-17(29-2)10-6-15/h5-12,19-20H,4,13-14H2,1-3H3/t19-,20+,23-/m0/s1. The van der Waals surface area contributed by atoms with Gasteiger partial charge in [0, 0.05) is 13.1 Å². The number of hydrogen-bond donors (Lipinski definition) is 0. The zero-order valence-electron chi connectivity index (χ0n) is 17.4. The van der Waals surface area contributed by atoms with E-state index in [1.165, 1.54) is 4.90 Å². The van der Waals surface area contributed by atoms with Crippen molar-refractivity contribution in [2.24, 2.45) is 5.92 Å². The Hall–Kier alpha value is -2.90. The summed E-state index contributed by atoms with van der Waals surface area (Å²) in [7, 11) is 3.23. The van der Waals surface area contributed by atoms with Crippen molar-refractivity contribution in [2.45, 2.75) is 24.9 Å². The summed E-state index contributed by atoms with van der Waals surface area (Å²) in [5, 5.41) is 4.34. The van der Waals surface area contributed by atoms with E-state index >= 15 is 0 Å². The van der Waals surface area contributed by atoms with Gasteiger partial charge in [0.2, 0.25) is 5.91 Å². The normalized spacial score (nSPS) is 28.7. The van der Waals surface area contributed by atoms with E-state index in [1.54, 1.807) is 38.5 Å². The number of imide groups is 1. The minimum absolute atomic E-state index is 0.150. The molecule has 2 amide bonds. The predicted octanol–water partition coefficient (Wildman–Crippen LogP) is 2.63. The predicted molar refractivity (Wildman–Crippen MR) is 111 cm³/mol. The van der Waals surface area contributed by atoms with Gasteiger partial charge in [0.1, 0.15) is 17.0 Å². The van der Waals surface area contributed by atoms with Gasteiger partial charge in [-0.25, -0.2) is 14.9 Å². The highest BCUT2D eigenvalue weighted by Crippen LogP contribution is 2.54. The molecule has 5 rings (SSSR count). The summed E-state index contributed by atoms with van der Waals surface area (Å²) in [5.74, 6) is 0.673. The van der Waals surface area contributed by atoms with Crippen LogP contribution >= 0.6 is 0 Å². The van der Waals surface area contributed by atoms with Crippen LogP contribution in [0.15, 0.2) is 48.5 Å². The maximum absolute atomic E-state index is 13.7. The van der Waals surface area contributed by atoms with Crippen molar-refractivity contribution in [1.29, 1.82) is 0 Å². The number of fused-ring (bicyclic) bond motifs is 3. The van der Waals surface area contributed by atoms with Gasteiger partial charge in [-0.3, -0.25) is 9.59 Å². The lowest BCUT2D eigenvalue weighted by atomic mass is 9.81. The molecule has 2 aromatic rings. The highest BCUT2D eigenvalue weighted by molar-refractivity contribution is 6.26. The highest BCUT2D eigenvalue weighted by Gasteiger charge is 2.70. The summed E-state index contributed by atoms with van der Waals surface area (Å²) in [6.45, 7) is 3.53. The number of amides is 2. The number of hydrazine groups is 1. The number of rotatable bonds is 4. The quantitative estimate of drug-likeness (QED) is 0.726. The van der Waals surface area contributed by atoms with E-state index in [0.717, 1.165) is 30.8 Å². The van der Waals surface area contributed by atoms with Crippen molar-refractivity contribution in [3.8, 4) is 11.5 Å². The number of carbonyl (C=O) groups is 2. The van der Waals surface area contributed by atoms with Gasteiger partial charge in [-0.2, -0.15) is 0 Å². The van der Waals surface area contributed by atoms with Gasteiger partial charge in [-0.05, 0) is 55.3 Å². The highest BCUT2D eigenvalue weighted by atomic mass is 16.5. The number of carbonyl (C=O) groups excluding carboxylic acids is 2. The Kier molecular flexibility index (Phi) is 4.34. The van der Waals surface area contributed by atoms with Gasteiger partial charge in [0.05, 0.1) is 31.9 Å². The maximum Gasteiger partial charge on any atom is 0.256 e. The summed E-state index contributed by atoms with van der Waals surface area (Å²) >= 11 is 0. The van der Waals surface area contributed by atoms with Crippen LogP contribution in [0.2, 0.25) is 0 Å². The molecule has 156 valence electrons. The summed E-state index contributed by atoms with van der Waals surface area (Å²) in [6.07, 6.45) is 0.971. The van der Waals surface area contributed by atoms with Crippen LogP contribution in [-0.2, 0) is 9.59 Å². The molecule has 0 unspecified atom stereocenters. The lowest BCUT2D eigenvalue weighted by Crippen LogP contribution is -2.52. The molecule has 0 N–H and O–H groups in total. The first kappa shape index (κ1) is 19.1. The molecule has 7 nitrogen and oxygen atoms in total. The molecule has 3 fully saturated rings. The zero-order valence-corrected chi connectivity index (χ0v) is 17.4. The number of nitrogens with zero attached hydrogens (tertiary/aromatic N) is 3. The molecule has 3 aliphatic rings. The number of methoxy groups -OCH3 is 2. The average molecular weight is 407 g/mol. The first-order chi connectivity index (χ1) is 14.5. The number of hydrogen-bond acceptors (Lipinski definition) is 6. The first-order valence-electron chi connectivity index (χ1n) is 10.2. The van der Waals surface area contributed by atoms with Crippen molar-refractivity contribution in [3.05, 3.63) is 54.1 Å². The van der Waals surface area contributed by atoms with E-state index in [9.17, 15) is 9.59 Å². The van der Waals surface area contributed by atoms with Crippen LogP contribution in [0.25, 0.3) is 0 Å². The van der Waals surface area contributed by atoms with Gasteiger partial charge in [0.15, 0.2) is 0 Å². The van der Waals surface area contributed by atoms with Gasteiger partial charge in [-0.1, -0.05) is 12.1 Å². The van der Waals surface area contributed by atoms with Gasteiger partial charge in [-0.15, -0.1) is 0 Å². The summed E-state index contributed by atoms with van der Waals surface area (Å²) < 4.78 is 10.5. The van der Waals surface area contributed by atoms with Crippen molar-refractivity contribution >= 4 is 17.5 Å². The minimum Gasteiger partial charge on any atom is -0.497 e. The van der Waals surface area contributed by atoms with E-state index in [0.29, 0.717) is 11.4 Å². The smallest absolute Gasteiger partial charge is 0.256 e. The van der Waals surface area contributed by atoms with Crippen LogP contribution in [0.4, 0.5) is 5.69 Å². The third-order valence-corrected chi connectivity index (χ3v) is 6.76. The Morgan fingerprint density at radius 2 is 1.50 bits per heavy atom. The van der Waals surface area contributed by atoms with Gasteiger partial charge in [0.25, 0.3) is 5.91 Å². The largest absolute Gasteiger partial charge is 0.497 e. The molecule has 3 aliphatic heterocycles. The summed E-state index contributed by atoms with van der Waals surface area (Å²) in [5.41, 5.74) is 0.716. The molecule has 30 heavy (non-hydrogen) atoms. The second-order valence-corrected chi connectivity index (χ2v) is 8.16. The van der Waals surface area contributed by atoms with E-state index in [-0.39, 0.29) is 17.9 Å². The van der Waals surface area contributed by atoms with Crippen LogP contribution in [-0.4, -0.2) is 54.7 Å².